The molecule has 3 aliphatic rings. The van der Waals surface area contributed by atoms with E-state index in [0.29, 0.717) is 5.13 Å². The van der Waals surface area contributed by atoms with Gasteiger partial charge in [0.1, 0.15) is 23.9 Å². The van der Waals surface area contributed by atoms with Crippen molar-refractivity contribution in [3.05, 3.63) is 15.7 Å². The number of hydrogen-bond acceptors (Lipinski definition) is 9. The van der Waals surface area contributed by atoms with E-state index in [2.05, 4.69) is 24.7 Å². The van der Waals surface area contributed by atoms with E-state index in [1.54, 1.807) is 0 Å². The molecule has 4 rings (SSSR count). The topological polar surface area (TPSA) is 123 Å². The first-order valence-electron chi connectivity index (χ1n) is 7.34. The van der Waals surface area contributed by atoms with E-state index in [1.807, 2.05) is 13.8 Å². The summed E-state index contributed by atoms with van der Waals surface area (Å²) in [6, 6.07) is -0.359. The maximum Gasteiger partial charge on any atom is 0.236 e. The number of fused-ring (bicyclic) bond motifs is 4. The van der Waals surface area contributed by atoms with Gasteiger partial charge in [-0.2, -0.15) is 9.36 Å². The summed E-state index contributed by atoms with van der Waals surface area (Å²) in [5, 5.41) is 7.59. The summed E-state index contributed by atoms with van der Waals surface area (Å²) in [5.74, 6) is -0.786. The molecule has 1 N–H and O–H groups in total. The summed E-state index contributed by atoms with van der Waals surface area (Å²) in [4.78, 5) is 6.92. The minimum Gasteiger partial charge on any atom is -0.350 e. The smallest absolute Gasteiger partial charge is 0.236 e. The van der Waals surface area contributed by atoms with Crippen LogP contribution in [-0.4, -0.2) is 58.4 Å². The van der Waals surface area contributed by atoms with Crippen LogP contribution < -0.4 is 5.32 Å². The van der Waals surface area contributed by atoms with Crippen LogP contribution >= 0.6 is 23.1 Å². The number of azide groups is 1. The minimum absolute atomic E-state index is 0.109. The first-order chi connectivity index (χ1) is 11.4. The Kier molecular flexibility index (Phi) is 3.84. The van der Waals surface area contributed by atoms with Crippen LogP contribution in [0.5, 0.6) is 0 Å². The molecule has 0 amide bonds. The molecule has 1 aromatic rings. The number of anilines is 1. The van der Waals surface area contributed by atoms with Gasteiger partial charge in [0.05, 0.1) is 13.2 Å². The largest absolute Gasteiger partial charge is 0.350 e. The number of aromatic nitrogens is 2. The van der Waals surface area contributed by atoms with Gasteiger partial charge < -0.3 is 24.3 Å². The van der Waals surface area contributed by atoms with Gasteiger partial charge in [-0.3, -0.25) is 0 Å². The molecule has 130 valence electrons. The molecule has 3 fully saturated rings. The first kappa shape index (κ1) is 16.3. The van der Waals surface area contributed by atoms with Gasteiger partial charge >= 0.3 is 0 Å². The maximum absolute atomic E-state index is 8.66. The number of halogens is 1. The van der Waals surface area contributed by atoms with Crippen molar-refractivity contribution in [3.63, 3.8) is 0 Å². The van der Waals surface area contributed by atoms with Gasteiger partial charge in [0.15, 0.2) is 12.1 Å². The third-order valence-corrected chi connectivity index (χ3v) is 5.15. The molecule has 2 bridgehead atoms. The standard InChI is InChI=1S/C12H15ClN6O4S/c1-11(2)21-6-5(16-10-17-9(13)18-24-10)8-20-4-12(23-8,3-15-19-14)7(6)22-11/h5-8H,3-4H2,1-2H3,(H,16,17,18)/t5-,6-,7-,8-,12+/m1/s1. The van der Waals surface area contributed by atoms with Gasteiger partial charge in [-0.05, 0) is 31.0 Å². The quantitative estimate of drug-likeness (QED) is 0.485. The number of nitrogens with one attached hydrogen (secondary N) is 1. The van der Waals surface area contributed by atoms with Gasteiger partial charge in [-0.15, -0.1) is 0 Å². The van der Waals surface area contributed by atoms with Crippen LogP contribution in [0.1, 0.15) is 13.8 Å². The number of ether oxygens (including phenoxy) is 4. The number of hydrogen-bond donors (Lipinski definition) is 1. The van der Waals surface area contributed by atoms with Gasteiger partial charge in [0.25, 0.3) is 0 Å². The summed E-state index contributed by atoms with van der Waals surface area (Å²) in [5.41, 5.74) is 7.81. The first-order valence-corrected chi connectivity index (χ1v) is 8.49. The van der Waals surface area contributed by atoms with Crippen molar-refractivity contribution < 1.29 is 18.9 Å². The van der Waals surface area contributed by atoms with Crippen LogP contribution in [0, 0.1) is 0 Å². The molecule has 0 radical (unpaired) electrons. The molecule has 12 heteroatoms. The van der Waals surface area contributed by atoms with Crippen molar-refractivity contribution in [1.29, 1.82) is 0 Å². The predicted octanol–water partition coefficient (Wildman–Crippen LogP) is 1.93. The van der Waals surface area contributed by atoms with E-state index >= 15 is 0 Å². The molecular weight excluding hydrogens is 360 g/mol. The molecule has 1 aromatic heterocycles. The lowest BCUT2D eigenvalue weighted by atomic mass is 9.88. The minimum atomic E-state index is -0.855. The second-order valence-corrected chi connectivity index (χ2v) is 7.40. The molecular formula is C12H15ClN6O4S. The highest BCUT2D eigenvalue weighted by Crippen LogP contribution is 2.47. The number of nitrogens with zero attached hydrogens (tertiary/aromatic N) is 5. The molecule has 0 aliphatic carbocycles. The second kappa shape index (κ2) is 5.67. The maximum atomic E-state index is 8.66. The van der Waals surface area contributed by atoms with E-state index < -0.39 is 23.8 Å². The average Bonchev–Trinajstić information content (AvgIpc) is 3.19. The lowest BCUT2D eigenvalue weighted by Gasteiger charge is -2.41. The Hall–Kier alpha value is -1.20. The molecule has 0 spiro atoms. The lowest BCUT2D eigenvalue weighted by molar-refractivity contribution is -0.185. The van der Waals surface area contributed by atoms with Crippen LogP contribution in [0.15, 0.2) is 5.11 Å². The van der Waals surface area contributed by atoms with Crippen molar-refractivity contribution in [3.8, 4) is 0 Å². The molecule has 10 nitrogen and oxygen atoms in total. The molecule has 0 unspecified atom stereocenters. The Morgan fingerprint density at radius 1 is 1.46 bits per heavy atom. The zero-order valence-electron chi connectivity index (χ0n) is 12.9. The van der Waals surface area contributed by atoms with Crippen LogP contribution in [0.2, 0.25) is 5.28 Å². The molecule has 4 heterocycles. The van der Waals surface area contributed by atoms with Gasteiger partial charge in [-0.25, -0.2) is 0 Å². The van der Waals surface area contributed by atoms with Gasteiger partial charge in [0, 0.05) is 16.4 Å². The summed E-state index contributed by atoms with van der Waals surface area (Å²) in [7, 11) is 0. The van der Waals surface area contributed by atoms with Gasteiger partial charge in [-0.1, -0.05) is 5.11 Å². The highest BCUT2D eigenvalue weighted by molar-refractivity contribution is 7.09. The van der Waals surface area contributed by atoms with Crippen LogP contribution in [-0.2, 0) is 18.9 Å². The van der Waals surface area contributed by atoms with Crippen LogP contribution in [0.25, 0.3) is 10.4 Å². The fraction of sp³-hybridized carbons (Fsp3) is 0.833. The van der Waals surface area contributed by atoms with Crippen LogP contribution in [0.3, 0.4) is 0 Å². The molecule has 24 heavy (non-hydrogen) atoms. The molecule has 3 aliphatic heterocycles. The number of rotatable bonds is 4. The fourth-order valence-electron chi connectivity index (χ4n) is 3.34. The van der Waals surface area contributed by atoms with Crippen molar-refractivity contribution in [2.75, 3.05) is 18.5 Å². The van der Waals surface area contributed by atoms with E-state index in [0.717, 1.165) is 11.5 Å². The predicted molar refractivity (Wildman–Crippen MR) is 83.7 cm³/mol. The van der Waals surface area contributed by atoms with Crippen molar-refractivity contribution >= 4 is 28.3 Å². The molecule has 3 saturated heterocycles. The highest BCUT2D eigenvalue weighted by Gasteiger charge is 2.65. The summed E-state index contributed by atoms with van der Waals surface area (Å²) >= 11 is 6.91. The Morgan fingerprint density at radius 3 is 3.00 bits per heavy atom. The fourth-order valence-corrected chi connectivity index (χ4v) is 4.10. The Morgan fingerprint density at radius 2 is 2.29 bits per heavy atom. The zero-order valence-corrected chi connectivity index (χ0v) is 14.5. The molecule has 0 saturated carbocycles. The molecule has 0 aromatic carbocycles. The average molecular weight is 375 g/mol. The van der Waals surface area contributed by atoms with Crippen molar-refractivity contribution in [1.82, 2.24) is 9.36 Å². The Balaban J connectivity index is 1.64. The third-order valence-electron chi connectivity index (χ3n) is 4.23. The summed E-state index contributed by atoms with van der Waals surface area (Å²) in [6.07, 6.45) is -1.39. The second-order valence-electron chi connectivity index (χ2n) is 6.31. The summed E-state index contributed by atoms with van der Waals surface area (Å²) in [6.45, 7) is 4.03. The third kappa shape index (κ3) is 2.62. The monoisotopic (exact) mass is 374 g/mol. The normalized spacial score (nSPS) is 39.3. The van der Waals surface area contributed by atoms with E-state index in [1.165, 1.54) is 0 Å². The zero-order chi connectivity index (χ0) is 16.9. The highest BCUT2D eigenvalue weighted by atomic mass is 35.5. The van der Waals surface area contributed by atoms with E-state index in [4.69, 9.17) is 36.1 Å². The van der Waals surface area contributed by atoms with E-state index in [-0.39, 0.29) is 30.6 Å². The van der Waals surface area contributed by atoms with Crippen molar-refractivity contribution in [2.45, 2.75) is 49.8 Å². The lowest BCUT2D eigenvalue weighted by Crippen LogP contribution is -2.62. The SMILES string of the molecule is CC1(C)O[C@@H]2[C@@H](Nc3nc(Cl)ns3)[C@@H]3OC[C@](CN=[N+]=[N-])(O3)[C@@H]2O1. The van der Waals surface area contributed by atoms with Crippen molar-refractivity contribution in [2.24, 2.45) is 5.11 Å². The Labute approximate surface area is 146 Å². The van der Waals surface area contributed by atoms with Crippen LogP contribution in [0.4, 0.5) is 5.13 Å². The summed E-state index contributed by atoms with van der Waals surface area (Å²) < 4.78 is 27.9. The van der Waals surface area contributed by atoms with Gasteiger partial charge in [0.2, 0.25) is 10.4 Å². The van der Waals surface area contributed by atoms with E-state index in [9.17, 15) is 0 Å². The molecule has 5 atom stereocenters. The Bertz CT molecular complexity index is 697.